The van der Waals surface area contributed by atoms with Gasteiger partial charge in [0.2, 0.25) is 11.3 Å². The summed E-state index contributed by atoms with van der Waals surface area (Å²) in [4.78, 5) is 40.9. The summed E-state index contributed by atoms with van der Waals surface area (Å²) in [6.45, 7) is 1.56. The molecule has 0 atom stereocenters. The maximum absolute atomic E-state index is 12.7. The van der Waals surface area contributed by atoms with Crippen LogP contribution in [0.5, 0.6) is 0 Å². The van der Waals surface area contributed by atoms with Gasteiger partial charge in [-0.1, -0.05) is 11.6 Å². The van der Waals surface area contributed by atoms with E-state index in [0.717, 1.165) is 0 Å². The van der Waals surface area contributed by atoms with E-state index in [4.69, 9.17) is 17.3 Å². The number of benzene rings is 1. The minimum atomic E-state index is -0.609. The topological polar surface area (TPSA) is 107 Å². The lowest BCUT2D eigenvalue weighted by Crippen LogP contribution is -2.27. The summed E-state index contributed by atoms with van der Waals surface area (Å²) in [6, 6.07) is 9.73. The first-order chi connectivity index (χ1) is 12.3. The van der Waals surface area contributed by atoms with Gasteiger partial charge in [-0.3, -0.25) is 14.4 Å². The van der Waals surface area contributed by atoms with Crippen LogP contribution in [0.4, 0.5) is 5.69 Å². The van der Waals surface area contributed by atoms with Crippen LogP contribution >= 0.6 is 11.6 Å². The fraction of sp³-hybridized carbons (Fsp3) is 0.111. The van der Waals surface area contributed by atoms with Gasteiger partial charge in [0.1, 0.15) is 17.8 Å². The molecular weight excluding hydrogens is 356 g/mol. The van der Waals surface area contributed by atoms with Crippen molar-refractivity contribution in [3.05, 3.63) is 69.1 Å². The molecule has 0 spiro atoms. The third-order valence-corrected chi connectivity index (χ3v) is 3.99. The van der Waals surface area contributed by atoms with Crippen LogP contribution in [-0.2, 0) is 11.3 Å². The molecule has 0 saturated heterocycles. The van der Waals surface area contributed by atoms with Gasteiger partial charge in [-0.2, -0.15) is 0 Å². The highest BCUT2D eigenvalue weighted by Gasteiger charge is 2.17. The predicted molar refractivity (Wildman–Crippen MR) is 99.3 cm³/mol. The van der Waals surface area contributed by atoms with E-state index in [1.54, 1.807) is 43.3 Å². The first kappa shape index (κ1) is 17.6. The molecule has 0 aliphatic carbocycles. The third-order valence-electron chi connectivity index (χ3n) is 3.73. The van der Waals surface area contributed by atoms with Crippen LogP contribution in [0.1, 0.15) is 16.1 Å². The average Bonchev–Trinajstić information content (AvgIpc) is 2.59. The molecule has 1 aromatic carbocycles. The fourth-order valence-electron chi connectivity index (χ4n) is 2.54. The van der Waals surface area contributed by atoms with Crippen LogP contribution in [0.25, 0.3) is 11.0 Å². The molecule has 3 aromatic rings. The molecule has 0 aliphatic rings. The molecule has 2 heterocycles. The molecule has 132 valence electrons. The van der Waals surface area contributed by atoms with Crippen molar-refractivity contribution < 1.29 is 9.59 Å². The Morgan fingerprint density at radius 2 is 1.88 bits per heavy atom. The lowest BCUT2D eigenvalue weighted by molar-refractivity contribution is -0.118. The Bertz CT molecular complexity index is 1070. The summed E-state index contributed by atoms with van der Waals surface area (Å²) < 4.78 is 1.41. The van der Waals surface area contributed by atoms with Gasteiger partial charge in [-0.15, -0.1) is 0 Å². The second kappa shape index (κ2) is 6.97. The standard InChI is InChI=1S/C18H15ClN4O3/c1-10-2-7-13-16(25)14(8-23(9-15(20)24)17(13)21-10)18(26)22-12-5-3-11(19)4-6-12/h2-8H,9H2,1H3,(H2,20,24)(H,22,26). The lowest BCUT2D eigenvalue weighted by atomic mass is 10.1. The SMILES string of the molecule is Cc1ccc2c(=O)c(C(=O)Nc3ccc(Cl)cc3)cn(CC(N)=O)c2n1. The molecule has 26 heavy (non-hydrogen) atoms. The zero-order valence-corrected chi connectivity index (χ0v) is 14.6. The Morgan fingerprint density at radius 3 is 2.54 bits per heavy atom. The number of amides is 2. The summed E-state index contributed by atoms with van der Waals surface area (Å²) in [5, 5.41) is 3.40. The number of hydrogen-bond acceptors (Lipinski definition) is 4. The number of anilines is 1. The number of primary amides is 1. The Kier molecular flexibility index (Phi) is 4.73. The van der Waals surface area contributed by atoms with Crippen LogP contribution in [0.2, 0.25) is 5.02 Å². The summed E-state index contributed by atoms with van der Waals surface area (Å²) in [5.41, 5.74) is 6.16. The summed E-state index contributed by atoms with van der Waals surface area (Å²) in [7, 11) is 0. The van der Waals surface area contributed by atoms with Crippen molar-refractivity contribution in [1.82, 2.24) is 9.55 Å². The van der Waals surface area contributed by atoms with Crippen molar-refractivity contribution >= 4 is 40.1 Å². The van der Waals surface area contributed by atoms with Crippen LogP contribution in [0, 0.1) is 6.92 Å². The summed E-state index contributed by atoms with van der Waals surface area (Å²) in [5.74, 6) is -1.21. The number of nitrogens with zero attached hydrogens (tertiary/aromatic N) is 2. The van der Waals surface area contributed by atoms with Crippen molar-refractivity contribution in [1.29, 1.82) is 0 Å². The number of aryl methyl sites for hydroxylation is 1. The molecule has 0 aliphatic heterocycles. The number of carbonyl (C=O) groups excluding carboxylic acids is 2. The van der Waals surface area contributed by atoms with E-state index in [1.165, 1.54) is 10.8 Å². The zero-order chi connectivity index (χ0) is 18.8. The number of halogens is 1. The molecule has 0 radical (unpaired) electrons. The van der Waals surface area contributed by atoms with E-state index in [2.05, 4.69) is 10.3 Å². The molecule has 0 bridgehead atoms. The highest BCUT2D eigenvalue weighted by Crippen LogP contribution is 2.15. The first-order valence-corrected chi connectivity index (χ1v) is 8.09. The molecule has 2 amide bonds. The molecule has 3 N–H and O–H groups in total. The van der Waals surface area contributed by atoms with Crippen molar-refractivity contribution in [2.24, 2.45) is 5.73 Å². The van der Waals surface area contributed by atoms with Crippen LogP contribution in [0.3, 0.4) is 0 Å². The Labute approximate surface area is 153 Å². The van der Waals surface area contributed by atoms with Gasteiger partial charge in [0, 0.05) is 22.6 Å². The number of rotatable bonds is 4. The van der Waals surface area contributed by atoms with Gasteiger partial charge in [0.25, 0.3) is 5.91 Å². The summed E-state index contributed by atoms with van der Waals surface area (Å²) >= 11 is 5.82. The molecule has 3 rings (SSSR count). The maximum atomic E-state index is 12.7. The van der Waals surface area contributed by atoms with Gasteiger partial charge in [-0.05, 0) is 43.3 Å². The Hall–Kier alpha value is -3.19. The quantitative estimate of drug-likeness (QED) is 0.733. The third kappa shape index (κ3) is 3.57. The molecule has 0 unspecified atom stereocenters. The predicted octanol–water partition coefficient (Wildman–Crippen LogP) is 2.10. The van der Waals surface area contributed by atoms with Crippen molar-refractivity contribution in [2.45, 2.75) is 13.5 Å². The monoisotopic (exact) mass is 370 g/mol. The maximum Gasteiger partial charge on any atom is 0.261 e. The van der Waals surface area contributed by atoms with Crippen LogP contribution in [0.15, 0.2) is 47.4 Å². The smallest absolute Gasteiger partial charge is 0.261 e. The van der Waals surface area contributed by atoms with E-state index in [1.807, 2.05) is 0 Å². The number of carbonyl (C=O) groups is 2. The minimum Gasteiger partial charge on any atom is -0.368 e. The molecular formula is C18H15ClN4O3. The van der Waals surface area contributed by atoms with Crippen molar-refractivity contribution in [3.8, 4) is 0 Å². The Morgan fingerprint density at radius 1 is 1.19 bits per heavy atom. The molecule has 0 fully saturated rings. The van der Waals surface area contributed by atoms with E-state index < -0.39 is 17.2 Å². The normalized spacial score (nSPS) is 10.7. The number of nitrogens with one attached hydrogen (secondary N) is 1. The number of aromatic nitrogens is 2. The van der Waals surface area contributed by atoms with Crippen molar-refractivity contribution in [3.63, 3.8) is 0 Å². The van der Waals surface area contributed by atoms with Gasteiger partial charge >= 0.3 is 0 Å². The number of nitrogens with two attached hydrogens (primary N) is 1. The molecule has 7 nitrogen and oxygen atoms in total. The highest BCUT2D eigenvalue weighted by atomic mass is 35.5. The molecule has 2 aromatic heterocycles. The molecule has 8 heteroatoms. The highest BCUT2D eigenvalue weighted by molar-refractivity contribution is 6.30. The van der Waals surface area contributed by atoms with Gasteiger partial charge < -0.3 is 15.6 Å². The van der Waals surface area contributed by atoms with E-state index in [0.29, 0.717) is 22.1 Å². The number of pyridine rings is 2. The lowest BCUT2D eigenvalue weighted by Gasteiger charge is -2.12. The van der Waals surface area contributed by atoms with E-state index in [-0.39, 0.29) is 17.5 Å². The van der Waals surface area contributed by atoms with Gasteiger partial charge in [0.05, 0.1) is 5.39 Å². The first-order valence-electron chi connectivity index (χ1n) is 7.71. The zero-order valence-electron chi connectivity index (χ0n) is 13.8. The van der Waals surface area contributed by atoms with E-state index >= 15 is 0 Å². The van der Waals surface area contributed by atoms with Crippen LogP contribution < -0.4 is 16.5 Å². The van der Waals surface area contributed by atoms with E-state index in [9.17, 15) is 14.4 Å². The minimum absolute atomic E-state index is 0.112. The second-order valence-corrected chi connectivity index (χ2v) is 6.19. The van der Waals surface area contributed by atoms with Gasteiger partial charge in [-0.25, -0.2) is 4.98 Å². The largest absolute Gasteiger partial charge is 0.368 e. The average molecular weight is 371 g/mol. The Balaban J connectivity index is 2.10. The van der Waals surface area contributed by atoms with Crippen molar-refractivity contribution in [2.75, 3.05) is 5.32 Å². The van der Waals surface area contributed by atoms with Gasteiger partial charge in [0.15, 0.2) is 0 Å². The summed E-state index contributed by atoms with van der Waals surface area (Å²) in [6.07, 6.45) is 1.30. The molecule has 0 saturated carbocycles. The number of fused-ring (bicyclic) bond motifs is 1. The fourth-order valence-corrected chi connectivity index (χ4v) is 2.67. The second-order valence-electron chi connectivity index (χ2n) is 5.75. The van der Waals surface area contributed by atoms with Crippen LogP contribution in [-0.4, -0.2) is 21.4 Å². The number of hydrogen-bond donors (Lipinski definition) is 2.